The molecule has 1 aromatic carbocycles. The topological polar surface area (TPSA) is 89.8 Å². The van der Waals surface area contributed by atoms with Crippen molar-refractivity contribution in [1.29, 1.82) is 0 Å². The first-order valence-electron chi connectivity index (χ1n) is 6.76. The van der Waals surface area contributed by atoms with Crippen LogP contribution in [0.2, 0.25) is 0 Å². The minimum Gasteiger partial charge on any atom is -0.272 e. The van der Waals surface area contributed by atoms with Gasteiger partial charge in [0, 0.05) is 19.3 Å². The van der Waals surface area contributed by atoms with Gasteiger partial charge in [-0.1, -0.05) is 6.07 Å². The highest BCUT2D eigenvalue weighted by atomic mass is 32.2. The molecule has 0 spiro atoms. The lowest BCUT2D eigenvalue weighted by atomic mass is 10.3. The van der Waals surface area contributed by atoms with Crippen molar-refractivity contribution in [3.63, 3.8) is 0 Å². The van der Waals surface area contributed by atoms with Gasteiger partial charge in [0.15, 0.2) is 0 Å². The Morgan fingerprint density at radius 2 is 2.18 bits per heavy atom. The number of nitrogens with one attached hydrogen (secondary N) is 1. The normalized spacial score (nSPS) is 12.0. The van der Waals surface area contributed by atoms with Crippen LogP contribution in [0.1, 0.15) is 12.0 Å². The SMILES string of the molecule is Cc1cnn(CCCNS(=O)(=O)c2cccc3nsnc23)c1. The second kappa shape index (κ2) is 6.11. The standard InChI is InChI=1S/C13H15N5O2S2/c1-10-8-14-18(9-10)7-3-6-15-22(19,20)12-5-2-4-11-13(12)17-21-16-11/h2,4-5,8-9,15H,3,6-7H2,1H3. The molecule has 7 nitrogen and oxygen atoms in total. The summed E-state index contributed by atoms with van der Waals surface area (Å²) in [7, 11) is -3.58. The molecular weight excluding hydrogens is 322 g/mol. The summed E-state index contributed by atoms with van der Waals surface area (Å²) in [4.78, 5) is 0.175. The second-order valence-corrected chi connectivity index (χ2v) is 7.18. The fraction of sp³-hybridized carbons (Fsp3) is 0.308. The van der Waals surface area contributed by atoms with Gasteiger partial charge in [-0.15, -0.1) is 0 Å². The van der Waals surface area contributed by atoms with E-state index in [0.717, 1.165) is 17.3 Å². The van der Waals surface area contributed by atoms with Gasteiger partial charge in [0.2, 0.25) is 10.0 Å². The molecule has 0 aliphatic rings. The Hall–Kier alpha value is -1.84. The number of rotatable bonds is 6. The van der Waals surface area contributed by atoms with Crippen LogP contribution in [0, 0.1) is 6.92 Å². The van der Waals surface area contributed by atoms with Crippen LogP contribution < -0.4 is 4.72 Å². The Bertz CT molecular complexity index is 885. The van der Waals surface area contributed by atoms with E-state index >= 15 is 0 Å². The van der Waals surface area contributed by atoms with E-state index in [2.05, 4.69) is 18.6 Å². The molecule has 22 heavy (non-hydrogen) atoms. The van der Waals surface area contributed by atoms with E-state index in [-0.39, 0.29) is 4.90 Å². The smallest absolute Gasteiger partial charge is 0.242 e. The number of hydrogen-bond donors (Lipinski definition) is 1. The molecule has 116 valence electrons. The highest BCUT2D eigenvalue weighted by Crippen LogP contribution is 2.20. The maximum Gasteiger partial charge on any atom is 0.242 e. The molecule has 2 aromatic heterocycles. The van der Waals surface area contributed by atoms with Gasteiger partial charge in [0.1, 0.15) is 15.9 Å². The molecule has 2 heterocycles. The third kappa shape index (κ3) is 3.16. The van der Waals surface area contributed by atoms with Gasteiger partial charge in [-0.3, -0.25) is 4.68 Å². The maximum absolute atomic E-state index is 12.4. The van der Waals surface area contributed by atoms with E-state index < -0.39 is 10.0 Å². The first kappa shape index (κ1) is 15.1. The van der Waals surface area contributed by atoms with Crippen molar-refractivity contribution in [2.24, 2.45) is 0 Å². The molecule has 1 N–H and O–H groups in total. The van der Waals surface area contributed by atoms with E-state index in [9.17, 15) is 8.42 Å². The van der Waals surface area contributed by atoms with Crippen LogP contribution in [0.4, 0.5) is 0 Å². The lowest BCUT2D eigenvalue weighted by Gasteiger charge is -2.07. The largest absolute Gasteiger partial charge is 0.272 e. The minimum atomic E-state index is -3.58. The van der Waals surface area contributed by atoms with Crippen LogP contribution in [0.15, 0.2) is 35.5 Å². The van der Waals surface area contributed by atoms with E-state index in [1.165, 1.54) is 0 Å². The average molecular weight is 337 g/mol. The Balaban J connectivity index is 1.65. The minimum absolute atomic E-state index is 0.175. The van der Waals surface area contributed by atoms with Gasteiger partial charge in [-0.05, 0) is 31.0 Å². The second-order valence-electron chi connectivity index (χ2n) is 4.92. The quantitative estimate of drug-likeness (QED) is 0.690. The lowest BCUT2D eigenvalue weighted by Crippen LogP contribution is -2.25. The number of sulfonamides is 1. The monoisotopic (exact) mass is 337 g/mol. The van der Waals surface area contributed by atoms with Crippen LogP contribution in [0.5, 0.6) is 0 Å². The van der Waals surface area contributed by atoms with Crippen LogP contribution in [0.25, 0.3) is 11.0 Å². The van der Waals surface area contributed by atoms with Gasteiger partial charge in [0.25, 0.3) is 0 Å². The average Bonchev–Trinajstić information content (AvgIpc) is 3.11. The Morgan fingerprint density at radius 1 is 1.32 bits per heavy atom. The van der Waals surface area contributed by atoms with Crippen LogP contribution in [-0.2, 0) is 16.6 Å². The van der Waals surface area contributed by atoms with Gasteiger partial charge >= 0.3 is 0 Å². The molecule has 0 saturated heterocycles. The highest BCUT2D eigenvalue weighted by Gasteiger charge is 2.18. The van der Waals surface area contributed by atoms with E-state index in [0.29, 0.717) is 30.5 Å². The molecule has 3 rings (SSSR count). The summed E-state index contributed by atoms with van der Waals surface area (Å²) in [6, 6.07) is 4.96. The van der Waals surface area contributed by atoms with Gasteiger partial charge in [-0.25, -0.2) is 13.1 Å². The van der Waals surface area contributed by atoms with Crippen molar-refractivity contribution in [3.05, 3.63) is 36.2 Å². The summed E-state index contributed by atoms with van der Waals surface area (Å²) in [5, 5.41) is 4.16. The predicted octanol–water partition coefficient (Wildman–Crippen LogP) is 1.56. The Kier molecular flexibility index (Phi) is 4.19. The van der Waals surface area contributed by atoms with Crippen LogP contribution >= 0.6 is 11.7 Å². The number of benzene rings is 1. The van der Waals surface area contributed by atoms with Crippen molar-refractivity contribution in [1.82, 2.24) is 23.2 Å². The van der Waals surface area contributed by atoms with Gasteiger partial charge in [-0.2, -0.15) is 13.8 Å². The van der Waals surface area contributed by atoms with Crippen molar-refractivity contribution in [2.45, 2.75) is 24.8 Å². The molecule has 0 aliphatic heterocycles. The number of aryl methyl sites for hydroxylation is 2. The molecule has 0 aliphatic carbocycles. The number of fused-ring (bicyclic) bond motifs is 1. The summed E-state index contributed by atoms with van der Waals surface area (Å²) < 4.78 is 37.2. The van der Waals surface area contributed by atoms with Crippen molar-refractivity contribution in [3.8, 4) is 0 Å². The molecule has 0 saturated carbocycles. The molecule has 9 heteroatoms. The van der Waals surface area contributed by atoms with Crippen LogP contribution in [-0.4, -0.2) is 33.5 Å². The summed E-state index contributed by atoms with van der Waals surface area (Å²) in [5.74, 6) is 0. The van der Waals surface area contributed by atoms with Crippen LogP contribution in [0.3, 0.4) is 0 Å². The fourth-order valence-corrected chi connectivity index (χ4v) is 3.95. The first-order chi connectivity index (χ1) is 10.6. The molecule has 0 bridgehead atoms. The Labute approximate surface area is 132 Å². The zero-order valence-corrected chi connectivity index (χ0v) is 13.6. The first-order valence-corrected chi connectivity index (χ1v) is 8.97. The molecule has 0 unspecified atom stereocenters. The van der Waals surface area contributed by atoms with Gasteiger partial charge in [0.05, 0.1) is 17.9 Å². The third-order valence-corrected chi connectivity index (χ3v) is 5.19. The van der Waals surface area contributed by atoms with E-state index in [1.807, 2.05) is 13.1 Å². The third-order valence-electron chi connectivity index (χ3n) is 3.16. The molecule has 3 aromatic rings. The predicted molar refractivity (Wildman–Crippen MR) is 84.2 cm³/mol. The number of nitrogens with zero attached hydrogens (tertiary/aromatic N) is 4. The number of aromatic nitrogens is 4. The van der Waals surface area contributed by atoms with Gasteiger partial charge < -0.3 is 0 Å². The zero-order valence-electron chi connectivity index (χ0n) is 11.9. The molecule has 0 atom stereocenters. The summed E-state index contributed by atoms with van der Waals surface area (Å²) in [5.41, 5.74) is 2.10. The number of hydrogen-bond acceptors (Lipinski definition) is 6. The van der Waals surface area contributed by atoms with Crippen molar-refractivity contribution < 1.29 is 8.42 Å². The maximum atomic E-state index is 12.4. The molecule has 0 fully saturated rings. The molecule has 0 radical (unpaired) electrons. The summed E-state index contributed by atoms with van der Waals surface area (Å²) >= 11 is 1.01. The highest BCUT2D eigenvalue weighted by molar-refractivity contribution is 7.89. The Morgan fingerprint density at radius 3 is 2.95 bits per heavy atom. The zero-order chi connectivity index (χ0) is 15.6. The van der Waals surface area contributed by atoms with E-state index in [4.69, 9.17) is 0 Å². The van der Waals surface area contributed by atoms with Crippen molar-refractivity contribution in [2.75, 3.05) is 6.54 Å². The molecule has 0 amide bonds. The lowest BCUT2D eigenvalue weighted by molar-refractivity contribution is 0.553. The fourth-order valence-electron chi connectivity index (χ4n) is 2.11. The summed E-state index contributed by atoms with van der Waals surface area (Å²) in [6.07, 6.45) is 4.36. The summed E-state index contributed by atoms with van der Waals surface area (Å²) in [6.45, 7) is 2.97. The van der Waals surface area contributed by atoms with E-state index in [1.54, 1.807) is 29.1 Å². The van der Waals surface area contributed by atoms with Crippen molar-refractivity contribution >= 4 is 32.8 Å². The molecular formula is C13H15N5O2S2.